The van der Waals surface area contributed by atoms with Gasteiger partial charge in [-0.15, -0.1) is 0 Å². The lowest BCUT2D eigenvalue weighted by Crippen LogP contribution is -2.18. The predicted octanol–water partition coefficient (Wildman–Crippen LogP) is 2.86. The van der Waals surface area contributed by atoms with Gasteiger partial charge in [0, 0.05) is 6.07 Å². The smallest absolute Gasteiger partial charge is 0.340 e. The molecule has 0 radical (unpaired) electrons. The van der Waals surface area contributed by atoms with Crippen LogP contribution in [0, 0.1) is 0 Å². The lowest BCUT2D eigenvalue weighted by atomic mass is 10.1. The van der Waals surface area contributed by atoms with E-state index in [0.717, 1.165) is 0 Å². The van der Waals surface area contributed by atoms with Crippen LogP contribution in [0.2, 0.25) is 0 Å². The van der Waals surface area contributed by atoms with E-state index < -0.39 is 22.0 Å². The van der Waals surface area contributed by atoms with Crippen molar-refractivity contribution in [1.82, 2.24) is 0 Å². The number of methoxy groups -OCH3 is 2. The second-order valence-corrected chi connectivity index (χ2v) is 7.51. The van der Waals surface area contributed by atoms with E-state index >= 15 is 0 Å². The molecule has 9 nitrogen and oxygen atoms in total. The molecule has 0 aliphatic carbocycles. The van der Waals surface area contributed by atoms with Crippen LogP contribution in [0.25, 0.3) is 0 Å². The minimum absolute atomic E-state index is 0.0473. The van der Waals surface area contributed by atoms with Crippen molar-refractivity contribution >= 4 is 27.6 Å². The van der Waals surface area contributed by atoms with Crippen LogP contribution >= 0.6 is 0 Å². The molecule has 0 aliphatic rings. The molecule has 10 heteroatoms. The molecule has 0 saturated heterocycles. The summed E-state index contributed by atoms with van der Waals surface area (Å²) in [6.45, 7) is 3.51. The summed E-state index contributed by atoms with van der Waals surface area (Å²) in [5, 5.41) is 0. The van der Waals surface area contributed by atoms with Crippen molar-refractivity contribution in [3.05, 3.63) is 47.5 Å². The van der Waals surface area contributed by atoms with E-state index in [4.69, 9.17) is 18.9 Å². The largest absolute Gasteiger partial charge is 0.493 e. The molecule has 0 spiro atoms. The summed E-state index contributed by atoms with van der Waals surface area (Å²) in [5.74, 6) is -0.823. The third-order valence-electron chi connectivity index (χ3n) is 3.94. The van der Waals surface area contributed by atoms with Gasteiger partial charge < -0.3 is 18.9 Å². The summed E-state index contributed by atoms with van der Waals surface area (Å²) >= 11 is 0. The number of benzene rings is 2. The Bertz CT molecular complexity index is 1030. The molecular weight excluding hydrogens is 414 g/mol. The highest BCUT2D eigenvalue weighted by Crippen LogP contribution is 2.31. The van der Waals surface area contributed by atoms with Crippen LogP contribution < -0.4 is 14.2 Å². The number of hydrogen-bond acceptors (Lipinski definition) is 8. The Hall–Kier alpha value is -3.27. The average molecular weight is 437 g/mol. The van der Waals surface area contributed by atoms with Gasteiger partial charge in [0.15, 0.2) is 11.5 Å². The molecular formula is C20H23NO8S. The number of ether oxygens (including phenoxy) is 4. The zero-order valence-electron chi connectivity index (χ0n) is 17.1. The molecule has 0 bridgehead atoms. The maximum Gasteiger partial charge on any atom is 0.340 e. The van der Waals surface area contributed by atoms with Gasteiger partial charge in [0.2, 0.25) is 0 Å². The lowest BCUT2D eigenvalue weighted by molar-refractivity contribution is 0.0512. The van der Waals surface area contributed by atoms with Crippen molar-refractivity contribution in [2.75, 3.05) is 32.2 Å². The number of anilines is 1. The van der Waals surface area contributed by atoms with Gasteiger partial charge in [0.1, 0.15) is 0 Å². The lowest BCUT2D eigenvalue weighted by Gasteiger charge is -2.15. The zero-order valence-corrected chi connectivity index (χ0v) is 17.9. The number of hydrogen-bond donors (Lipinski definition) is 1. The summed E-state index contributed by atoms with van der Waals surface area (Å²) in [7, 11) is -1.34. The number of rotatable bonds is 9. The van der Waals surface area contributed by atoms with Crippen molar-refractivity contribution in [3.8, 4) is 11.5 Å². The quantitative estimate of drug-likeness (QED) is 0.595. The highest BCUT2D eigenvalue weighted by molar-refractivity contribution is 7.92. The van der Waals surface area contributed by atoms with E-state index in [9.17, 15) is 18.0 Å². The normalized spacial score (nSPS) is 10.8. The molecule has 2 aromatic carbocycles. The molecule has 0 heterocycles. The van der Waals surface area contributed by atoms with Crippen molar-refractivity contribution in [3.63, 3.8) is 0 Å². The van der Waals surface area contributed by atoms with Gasteiger partial charge in [-0.3, -0.25) is 4.72 Å². The topological polar surface area (TPSA) is 117 Å². The second kappa shape index (κ2) is 9.97. The molecule has 2 aromatic rings. The van der Waals surface area contributed by atoms with E-state index in [1.54, 1.807) is 13.8 Å². The first-order valence-electron chi connectivity index (χ1n) is 9.00. The van der Waals surface area contributed by atoms with E-state index in [1.807, 2.05) is 0 Å². The molecule has 30 heavy (non-hydrogen) atoms. The highest BCUT2D eigenvalue weighted by atomic mass is 32.2. The SMILES string of the molecule is CCOC(=O)c1ccc(C(=O)OCC)c(NS(=O)(=O)c2ccc(OC)c(OC)c2)c1. The first kappa shape index (κ1) is 23.0. The van der Waals surface area contributed by atoms with Gasteiger partial charge in [0.05, 0.1) is 49.1 Å². The van der Waals surface area contributed by atoms with E-state index in [1.165, 1.54) is 50.6 Å². The van der Waals surface area contributed by atoms with Crippen LogP contribution in [0.1, 0.15) is 34.6 Å². The molecule has 0 atom stereocenters. The Balaban J connectivity index is 2.51. The summed E-state index contributed by atoms with van der Waals surface area (Å²) in [6, 6.07) is 7.93. The van der Waals surface area contributed by atoms with E-state index in [2.05, 4.69) is 4.72 Å². The monoisotopic (exact) mass is 437 g/mol. The minimum Gasteiger partial charge on any atom is -0.493 e. The number of esters is 2. The molecule has 2 rings (SSSR count). The molecule has 0 aromatic heterocycles. The van der Waals surface area contributed by atoms with Crippen LogP contribution in [0.4, 0.5) is 5.69 Å². The third kappa shape index (κ3) is 5.20. The van der Waals surface area contributed by atoms with Crippen molar-refractivity contribution in [2.24, 2.45) is 0 Å². The predicted molar refractivity (Wildman–Crippen MR) is 109 cm³/mol. The van der Waals surface area contributed by atoms with Gasteiger partial charge in [0.25, 0.3) is 10.0 Å². The molecule has 1 N–H and O–H groups in total. The Morgan fingerprint density at radius 2 is 1.50 bits per heavy atom. The summed E-state index contributed by atoms with van der Waals surface area (Å²) in [5.41, 5.74) is -0.0855. The maximum atomic E-state index is 12.9. The molecule has 0 fully saturated rings. The fraction of sp³-hybridized carbons (Fsp3) is 0.300. The van der Waals surface area contributed by atoms with Gasteiger partial charge in [-0.1, -0.05) is 0 Å². The second-order valence-electron chi connectivity index (χ2n) is 5.82. The van der Waals surface area contributed by atoms with Gasteiger partial charge in [-0.25, -0.2) is 18.0 Å². The third-order valence-corrected chi connectivity index (χ3v) is 5.30. The molecule has 0 amide bonds. The molecule has 0 aliphatic heterocycles. The fourth-order valence-corrected chi connectivity index (χ4v) is 3.63. The van der Waals surface area contributed by atoms with Crippen LogP contribution in [-0.4, -0.2) is 47.8 Å². The van der Waals surface area contributed by atoms with E-state index in [0.29, 0.717) is 5.75 Å². The standard InChI is InChI=1S/C20H23NO8S/c1-5-28-19(22)13-7-9-15(20(23)29-6-2)16(11-13)21-30(24,25)14-8-10-17(26-3)18(12-14)27-4/h7-12,21H,5-6H2,1-4H3. The molecule has 162 valence electrons. The van der Waals surface area contributed by atoms with Crippen molar-refractivity contribution in [1.29, 1.82) is 0 Å². The number of nitrogens with one attached hydrogen (secondary N) is 1. The average Bonchev–Trinajstić information content (AvgIpc) is 2.73. The molecule has 0 saturated carbocycles. The van der Waals surface area contributed by atoms with E-state index in [-0.39, 0.29) is 40.7 Å². The molecule has 0 unspecified atom stereocenters. The van der Waals surface area contributed by atoms with Crippen molar-refractivity contribution < 1.29 is 37.0 Å². The maximum absolute atomic E-state index is 12.9. The minimum atomic E-state index is -4.14. The number of sulfonamides is 1. The van der Waals surface area contributed by atoms with Gasteiger partial charge >= 0.3 is 11.9 Å². The Labute approximate surface area is 174 Å². The Morgan fingerprint density at radius 1 is 0.867 bits per heavy atom. The van der Waals surface area contributed by atoms with Crippen LogP contribution in [0.3, 0.4) is 0 Å². The van der Waals surface area contributed by atoms with Gasteiger partial charge in [-0.05, 0) is 44.2 Å². The Kier molecular flexibility index (Phi) is 7.65. The van der Waals surface area contributed by atoms with Crippen LogP contribution in [0.15, 0.2) is 41.3 Å². The first-order chi connectivity index (χ1) is 14.3. The van der Waals surface area contributed by atoms with Crippen LogP contribution in [-0.2, 0) is 19.5 Å². The zero-order chi connectivity index (χ0) is 22.3. The number of carbonyl (C=O) groups is 2. The van der Waals surface area contributed by atoms with Gasteiger partial charge in [-0.2, -0.15) is 0 Å². The first-order valence-corrected chi connectivity index (χ1v) is 10.5. The summed E-state index contributed by atoms with van der Waals surface area (Å²) < 4.78 is 48.4. The fourth-order valence-electron chi connectivity index (χ4n) is 2.54. The Morgan fingerprint density at radius 3 is 2.10 bits per heavy atom. The van der Waals surface area contributed by atoms with Crippen molar-refractivity contribution in [2.45, 2.75) is 18.7 Å². The summed E-state index contributed by atoms with van der Waals surface area (Å²) in [6.07, 6.45) is 0. The number of carbonyl (C=O) groups excluding carboxylic acids is 2. The highest BCUT2D eigenvalue weighted by Gasteiger charge is 2.23. The summed E-state index contributed by atoms with van der Waals surface area (Å²) in [4.78, 5) is 24.2. The van der Waals surface area contributed by atoms with Crippen LogP contribution in [0.5, 0.6) is 11.5 Å².